The molecule has 0 aromatic carbocycles. The molecular weight excluding hydrogens is 542 g/mol. The number of anilines is 1. The molecule has 2 aromatic rings. The van der Waals surface area contributed by atoms with E-state index < -0.39 is 23.6 Å². The van der Waals surface area contributed by atoms with E-state index in [2.05, 4.69) is 51.3 Å². The van der Waals surface area contributed by atoms with Crippen LogP contribution in [-0.4, -0.2) is 44.5 Å². The topological polar surface area (TPSA) is 104 Å². The van der Waals surface area contributed by atoms with E-state index in [9.17, 15) is 18.4 Å². The number of aryl methyl sites for hydroxylation is 1. The summed E-state index contributed by atoms with van der Waals surface area (Å²) in [7, 11) is 2.47. The molecule has 157 valence electrons. The van der Waals surface area contributed by atoms with Gasteiger partial charge in [-0.25, -0.2) is 28.3 Å². The van der Waals surface area contributed by atoms with Crippen molar-refractivity contribution in [3.63, 3.8) is 0 Å². The van der Waals surface area contributed by atoms with E-state index in [0.29, 0.717) is 12.0 Å². The van der Waals surface area contributed by atoms with Gasteiger partial charge in [0.25, 0.3) is 0 Å². The molecule has 0 spiro atoms. The monoisotopic (exact) mass is 558 g/mol. The molecule has 3 radical (unpaired) electrons. The molecule has 0 saturated carbocycles. The van der Waals surface area contributed by atoms with E-state index in [0.717, 1.165) is 12.5 Å². The number of aromatic nitrogens is 2. The van der Waals surface area contributed by atoms with Crippen LogP contribution in [0.15, 0.2) is 21.3 Å². The van der Waals surface area contributed by atoms with Crippen molar-refractivity contribution in [2.24, 2.45) is 0 Å². The summed E-state index contributed by atoms with van der Waals surface area (Å²) in [6.45, 7) is 1.95. The van der Waals surface area contributed by atoms with Gasteiger partial charge in [0.15, 0.2) is 23.0 Å². The van der Waals surface area contributed by atoms with Gasteiger partial charge in [0.2, 0.25) is 0 Å². The number of hydrogen-bond donors (Lipinski definition) is 1. The minimum atomic E-state index is -0.696. The van der Waals surface area contributed by atoms with Crippen molar-refractivity contribution in [1.29, 1.82) is 0 Å². The predicted octanol–water partition coefficient (Wildman–Crippen LogP) is 0.810. The molecular formula is C17H18BBr2F2N3NaO4. The van der Waals surface area contributed by atoms with Crippen LogP contribution < -0.4 is 35.3 Å². The summed E-state index contributed by atoms with van der Waals surface area (Å²) in [5.74, 6) is -2.33. The number of methoxy groups -OCH3 is 2. The maximum absolute atomic E-state index is 13.2. The van der Waals surface area contributed by atoms with Crippen LogP contribution in [0.3, 0.4) is 0 Å². The number of rotatable bonds is 4. The van der Waals surface area contributed by atoms with E-state index in [4.69, 9.17) is 5.73 Å². The van der Waals surface area contributed by atoms with E-state index in [1.165, 1.54) is 20.3 Å². The summed E-state index contributed by atoms with van der Waals surface area (Å²) in [5, 5.41) is 0. The standard InChI is InChI=1S/C10H11BrFNO2.C7H6BrFN2O2.B.Na.H/c1-3-4-6-5-7(12)9(11)13-8(6)10(14)15-2;1-13-7(12)5-4(10)2-3(9)6(8)11-5;;;/h5H,3-4H2,1-2H3;2H,10H2,1H3;;;/q;;;+1;-1. The summed E-state index contributed by atoms with van der Waals surface area (Å²) < 4.78 is 34.9. The van der Waals surface area contributed by atoms with Crippen LogP contribution in [-0.2, 0) is 15.9 Å². The van der Waals surface area contributed by atoms with Gasteiger partial charge in [0, 0.05) is 14.5 Å². The molecule has 0 bridgehead atoms. The fraction of sp³-hybridized carbons (Fsp3) is 0.294. The van der Waals surface area contributed by atoms with Gasteiger partial charge in [-0.15, -0.1) is 0 Å². The van der Waals surface area contributed by atoms with Gasteiger partial charge in [-0.1, -0.05) is 13.3 Å². The van der Waals surface area contributed by atoms with E-state index in [1.807, 2.05) is 6.92 Å². The van der Waals surface area contributed by atoms with Gasteiger partial charge in [-0.3, -0.25) is 0 Å². The molecule has 0 amide bonds. The van der Waals surface area contributed by atoms with Gasteiger partial charge < -0.3 is 16.6 Å². The van der Waals surface area contributed by atoms with Crippen molar-refractivity contribution in [2.45, 2.75) is 19.8 Å². The predicted molar refractivity (Wildman–Crippen MR) is 112 cm³/mol. The van der Waals surface area contributed by atoms with Gasteiger partial charge >= 0.3 is 41.5 Å². The maximum atomic E-state index is 13.2. The smallest absolute Gasteiger partial charge is 1.00 e. The summed E-state index contributed by atoms with van der Waals surface area (Å²) >= 11 is 5.76. The van der Waals surface area contributed by atoms with Crippen LogP contribution in [0.4, 0.5) is 14.5 Å². The zero-order valence-electron chi connectivity index (χ0n) is 17.8. The number of nitrogens with zero attached hydrogens (tertiary/aromatic N) is 2. The first-order valence-electron chi connectivity index (χ1n) is 7.79. The average Bonchev–Trinajstić information content (AvgIpc) is 2.66. The van der Waals surface area contributed by atoms with Crippen LogP contribution in [0.5, 0.6) is 0 Å². The molecule has 2 rings (SSSR count). The molecule has 0 saturated heterocycles. The number of pyridine rings is 2. The number of nitrogen functional groups attached to an aromatic ring is 1. The second-order valence-corrected chi connectivity index (χ2v) is 6.70. The number of carbonyl (C=O) groups is 2. The molecule has 0 unspecified atom stereocenters. The average molecular weight is 560 g/mol. The number of nitrogens with two attached hydrogens (primary N) is 1. The van der Waals surface area contributed by atoms with Gasteiger partial charge in [0.1, 0.15) is 9.21 Å². The molecule has 7 nitrogen and oxygen atoms in total. The molecule has 13 heteroatoms. The van der Waals surface area contributed by atoms with Crippen LogP contribution >= 0.6 is 31.9 Å². The normalized spacial score (nSPS) is 9.30. The van der Waals surface area contributed by atoms with Crippen molar-refractivity contribution >= 4 is 57.9 Å². The largest absolute Gasteiger partial charge is 1.00 e. The van der Waals surface area contributed by atoms with Crippen molar-refractivity contribution in [3.8, 4) is 0 Å². The van der Waals surface area contributed by atoms with Crippen molar-refractivity contribution in [1.82, 2.24) is 9.97 Å². The minimum Gasteiger partial charge on any atom is -1.00 e. The minimum absolute atomic E-state index is 0. The Hall–Kier alpha value is -1.08. The molecule has 2 heterocycles. The van der Waals surface area contributed by atoms with Gasteiger partial charge in [0.05, 0.1) is 19.9 Å². The molecule has 2 N–H and O–H groups in total. The first-order valence-corrected chi connectivity index (χ1v) is 9.37. The van der Waals surface area contributed by atoms with Crippen molar-refractivity contribution in [2.75, 3.05) is 20.0 Å². The molecule has 0 aliphatic rings. The van der Waals surface area contributed by atoms with Crippen LogP contribution in [0.25, 0.3) is 0 Å². The number of ether oxygens (including phenoxy) is 2. The number of esters is 2. The zero-order chi connectivity index (χ0) is 21.4. The Morgan fingerprint density at radius 2 is 1.47 bits per heavy atom. The Morgan fingerprint density at radius 1 is 1.03 bits per heavy atom. The van der Waals surface area contributed by atoms with E-state index in [-0.39, 0.29) is 65.7 Å². The fourth-order valence-electron chi connectivity index (χ4n) is 1.98. The molecule has 30 heavy (non-hydrogen) atoms. The third kappa shape index (κ3) is 8.58. The Kier molecular flexibility index (Phi) is 15.4. The van der Waals surface area contributed by atoms with Crippen molar-refractivity contribution in [3.05, 3.63) is 49.9 Å². The first-order chi connectivity index (χ1) is 13.2. The third-order valence-electron chi connectivity index (χ3n) is 3.25. The van der Waals surface area contributed by atoms with E-state index in [1.54, 1.807) is 0 Å². The Morgan fingerprint density at radius 3 is 1.93 bits per heavy atom. The van der Waals surface area contributed by atoms with Gasteiger partial charge in [-0.2, -0.15) is 0 Å². The summed E-state index contributed by atoms with van der Waals surface area (Å²) in [5.41, 5.74) is 5.94. The van der Waals surface area contributed by atoms with Crippen LogP contribution in [0.1, 0.15) is 41.3 Å². The molecule has 2 aromatic heterocycles. The summed E-state index contributed by atoms with van der Waals surface area (Å²) in [4.78, 5) is 29.7. The number of carbonyl (C=O) groups excluding carboxylic acids is 2. The van der Waals surface area contributed by atoms with Crippen molar-refractivity contribution < 1.29 is 58.8 Å². The zero-order valence-corrected chi connectivity index (χ0v) is 21.9. The summed E-state index contributed by atoms with van der Waals surface area (Å²) in [6.07, 6.45) is 1.41. The molecule has 0 atom stereocenters. The van der Waals surface area contributed by atoms with Crippen LogP contribution in [0, 0.1) is 11.6 Å². The SMILES string of the molecule is CCCc1cc(F)c(Br)nc1C(=O)OC.COC(=O)c1nc(Br)c(F)cc1N.[B].[H-].[Na+]. The van der Waals surface area contributed by atoms with Gasteiger partial charge in [-0.05, 0) is 49.9 Å². The summed E-state index contributed by atoms with van der Waals surface area (Å²) in [6, 6.07) is 2.32. The molecule has 0 fully saturated rings. The second-order valence-electron chi connectivity index (χ2n) is 5.20. The molecule has 0 aliphatic heterocycles. The third-order valence-corrected chi connectivity index (χ3v) is 4.36. The number of hydrogen-bond acceptors (Lipinski definition) is 7. The Bertz CT molecular complexity index is 901. The first kappa shape index (κ1) is 31.1. The molecule has 0 aliphatic carbocycles. The Balaban J connectivity index is -0.000000465. The Labute approximate surface area is 215 Å². The number of halogens is 4. The van der Waals surface area contributed by atoms with E-state index >= 15 is 0 Å². The van der Waals surface area contributed by atoms with Crippen LogP contribution in [0.2, 0.25) is 0 Å². The maximum Gasteiger partial charge on any atom is 1.00 e. The fourth-order valence-corrected chi connectivity index (χ4v) is 2.56. The second kappa shape index (κ2) is 14.8. The quantitative estimate of drug-likeness (QED) is 0.336.